The quantitative estimate of drug-likeness (QED) is 0.740. The van der Waals surface area contributed by atoms with E-state index in [9.17, 15) is 18.0 Å². The molecule has 0 radical (unpaired) electrons. The second-order valence-electron chi connectivity index (χ2n) is 8.19. The molecule has 0 bridgehead atoms. The van der Waals surface area contributed by atoms with Gasteiger partial charge in [-0.25, -0.2) is 0 Å². The van der Waals surface area contributed by atoms with Crippen LogP contribution in [0.1, 0.15) is 68.9 Å². The average molecular weight is 383 g/mol. The Morgan fingerprint density at radius 3 is 2.37 bits per heavy atom. The van der Waals surface area contributed by atoms with Gasteiger partial charge in [0.05, 0.1) is 11.5 Å². The van der Waals surface area contributed by atoms with Crippen molar-refractivity contribution in [1.29, 1.82) is 0 Å². The van der Waals surface area contributed by atoms with Gasteiger partial charge in [0.15, 0.2) is 0 Å². The third kappa shape index (κ3) is 4.84. The number of carboxylic acids is 1. The Morgan fingerprint density at radius 1 is 1.11 bits per heavy atom. The molecule has 150 valence electrons. The van der Waals surface area contributed by atoms with Crippen LogP contribution in [0, 0.1) is 5.92 Å². The molecule has 0 unspecified atom stereocenters. The predicted molar refractivity (Wildman–Crippen MR) is 97.6 cm³/mol. The lowest BCUT2D eigenvalue weighted by atomic mass is 9.69. The van der Waals surface area contributed by atoms with E-state index in [-0.39, 0.29) is 17.4 Å². The Morgan fingerprint density at radius 2 is 1.78 bits per heavy atom. The van der Waals surface area contributed by atoms with Gasteiger partial charge in [0.2, 0.25) is 0 Å². The van der Waals surface area contributed by atoms with Crippen LogP contribution < -0.4 is 5.32 Å². The molecule has 2 N–H and O–H groups in total. The highest BCUT2D eigenvalue weighted by Crippen LogP contribution is 2.41. The zero-order valence-electron chi connectivity index (χ0n) is 15.5. The Kier molecular flexibility index (Phi) is 6.14. The number of hydrogen-bond acceptors (Lipinski definition) is 2. The summed E-state index contributed by atoms with van der Waals surface area (Å²) in [6.07, 6.45) is 3.63. The van der Waals surface area contributed by atoms with Crippen molar-refractivity contribution in [2.75, 3.05) is 6.54 Å². The molecule has 0 aliphatic heterocycles. The minimum absolute atomic E-state index is 0.254. The summed E-state index contributed by atoms with van der Waals surface area (Å²) in [5, 5.41) is 12.7. The average Bonchev–Trinajstić information content (AvgIpc) is 2.67. The van der Waals surface area contributed by atoms with E-state index in [4.69, 9.17) is 5.11 Å². The molecule has 0 amide bonds. The largest absolute Gasteiger partial charge is 0.481 e. The summed E-state index contributed by atoms with van der Waals surface area (Å²) in [4.78, 5) is 11.1. The van der Waals surface area contributed by atoms with Crippen LogP contribution in [0.5, 0.6) is 0 Å². The van der Waals surface area contributed by atoms with E-state index < -0.39 is 17.7 Å². The lowest BCUT2D eigenvalue weighted by Crippen LogP contribution is -2.45. The molecule has 0 heterocycles. The van der Waals surface area contributed by atoms with E-state index in [1.54, 1.807) is 0 Å². The molecule has 1 aromatic rings. The summed E-state index contributed by atoms with van der Waals surface area (Å²) in [5.74, 6) is -0.976. The van der Waals surface area contributed by atoms with Crippen LogP contribution in [0.15, 0.2) is 24.3 Å². The maximum absolute atomic E-state index is 13.2. The smallest absolute Gasteiger partial charge is 0.416 e. The van der Waals surface area contributed by atoms with Crippen molar-refractivity contribution in [1.82, 2.24) is 5.32 Å². The lowest BCUT2D eigenvalue weighted by molar-refractivity contribution is -0.143. The molecule has 2 saturated carbocycles. The number of nitrogens with one attached hydrogen (secondary N) is 1. The Labute approximate surface area is 158 Å². The molecule has 2 fully saturated rings. The van der Waals surface area contributed by atoms with Crippen LogP contribution in [0.2, 0.25) is 0 Å². The highest BCUT2D eigenvalue weighted by atomic mass is 19.4. The van der Waals surface area contributed by atoms with Crippen molar-refractivity contribution in [3.05, 3.63) is 35.4 Å². The highest BCUT2D eigenvalue weighted by molar-refractivity contribution is 5.70. The second kappa shape index (κ2) is 8.21. The van der Waals surface area contributed by atoms with Gasteiger partial charge in [0.25, 0.3) is 0 Å². The van der Waals surface area contributed by atoms with Crippen LogP contribution in [0.4, 0.5) is 13.2 Å². The summed E-state index contributed by atoms with van der Waals surface area (Å²) in [6, 6.07) is 6.08. The van der Waals surface area contributed by atoms with E-state index in [2.05, 4.69) is 5.32 Å². The summed E-state index contributed by atoms with van der Waals surface area (Å²) in [7, 11) is 0. The number of carboxylic acid groups (broad SMARTS) is 1. The van der Waals surface area contributed by atoms with Crippen LogP contribution in [0.25, 0.3) is 0 Å². The molecule has 2 aliphatic carbocycles. The molecule has 2 aliphatic rings. The summed E-state index contributed by atoms with van der Waals surface area (Å²) >= 11 is 0. The minimum Gasteiger partial charge on any atom is -0.481 e. The van der Waals surface area contributed by atoms with Crippen LogP contribution in [-0.4, -0.2) is 23.7 Å². The molecule has 3 nitrogen and oxygen atoms in total. The van der Waals surface area contributed by atoms with Gasteiger partial charge in [-0.1, -0.05) is 37.5 Å². The van der Waals surface area contributed by atoms with Gasteiger partial charge in [-0.15, -0.1) is 0 Å². The van der Waals surface area contributed by atoms with Gasteiger partial charge < -0.3 is 10.4 Å². The van der Waals surface area contributed by atoms with Crippen molar-refractivity contribution in [3.8, 4) is 0 Å². The van der Waals surface area contributed by atoms with E-state index in [1.807, 2.05) is 6.07 Å². The first-order valence-electron chi connectivity index (χ1n) is 9.94. The number of rotatable bonds is 5. The summed E-state index contributed by atoms with van der Waals surface area (Å²) in [5.41, 5.74) is -0.0564. The first kappa shape index (κ1) is 20.2. The monoisotopic (exact) mass is 383 g/mol. The fourth-order valence-electron chi connectivity index (χ4n) is 4.71. The van der Waals surface area contributed by atoms with Gasteiger partial charge in [-0.05, 0) is 50.2 Å². The minimum atomic E-state index is -4.32. The van der Waals surface area contributed by atoms with Crippen LogP contribution in [-0.2, 0) is 16.4 Å². The van der Waals surface area contributed by atoms with E-state index in [0.717, 1.165) is 56.6 Å². The van der Waals surface area contributed by atoms with E-state index in [1.165, 1.54) is 12.1 Å². The fourth-order valence-corrected chi connectivity index (χ4v) is 4.71. The molecular weight excluding hydrogens is 355 g/mol. The van der Waals surface area contributed by atoms with Crippen molar-refractivity contribution in [2.24, 2.45) is 5.92 Å². The van der Waals surface area contributed by atoms with Gasteiger partial charge in [0.1, 0.15) is 0 Å². The zero-order chi connectivity index (χ0) is 19.5. The van der Waals surface area contributed by atoms with Gasteiger partial charge in [0, 0.05) is 18.0 Å². The Balaban J connectivity index is 1.71. The Hall–Kier alpha value is -1.56. The van der Waals surface area contributed by atoms with Crippen LogP contribution in [0.3, 0.4) is 0 Å². The maximum atomic E-state index is 13.2. The van der Waals surface area contributed by atoms with E-state index >= 15 is 0 Å². The maximum Gasteiger partial charge on any atom is 0.416 e. The molecule has 0 spiro atoms. The number of benzene rings is 1. The second-order valence-corrected chi connectivity index (χ2v) is 8.19. The third-order valence-electron chi connectivity index (χ3n) is 6.42. The summed E-state index contributed by atoms with van der Waals surface area (Å²) < 4.78 is 39.5. The predicted octanol–water partition coefficient (Wildman–Crippen LogP) is 5.14. The number of carbonyl (C=O) groups is 1. The SMILES string of the molecule is O=C(O)C1CCC(NCC2(c3cccc(C(F)(F)F)c3)CCCCC2)CC1. The lowest BCUT2D eigenvalue weighted by Gasteiger charge is -2.40. The molecule has 27 heavy (non-hydrogen) atoms. The molecule has 6 heteroatoms. The van der Waals surface area contributed by atoms with Crippen molar-refractivity contribution in [3.63, 3.8) is 0 Å². The molecule has 0 saturated heterocycles. The first-order valence-corrected chi connectivity index (χ1v) is 9.94. The molecule has 3 rings (SSSR count). The van der Waals surface area contributed by atoms with Gasteiger partial charge in [-0.3, -0.25) is 4.79 Å². The topological polar surface area (TPSA) is 49.3 Å². The number of hydrogen-bond donors (Lipinski definition) is 2. The van der Waals surface area contributed by atoms with Crippen molar-refractivity contribution >= 4 is 5.97 Å². The fraction of sp³-hybridized carbons (Fsp3) is 0.667. The van der Waals surface area contributed by atoms with E-state index in [0.29, 0.717) is 19.4 Å². The third-order valence-corrected chi connectivity index (χ3v) is 6.42. The molecule has 0 aromatic heterocycles. The number of halogens is 3. The standard InChI is InChI=1S/C21H28F3NO2/c22-21(23,24)17-6-4-5-16(13-17)20(11-2-1-3-12-20)14-25-18-9-7-15(8-10-18)19(26)27/h4-6,13,15,18,25H,1-3,7-12,14H2,(H,26,27). The normalized spacial score (nSPS) is 25.9. The van der Waals surface area contributed by atoms with Crippen molar-refractivity contribution < 1.29 is 23.1 Å². The van der Waals surface area contributed by atoms with Gasteiger partial charge in [-0.2, -0.15) is 13.2 Å². The number of aliphatic carboxylic acids is 1. The highest BCUT2D eigenvalue weighted by Gasteiger charge is 2.37. The molecule has 1 aromatic carbocycles. The molecule has 0 atom stereocenters. The van der Waals surface area contributed by atoms with Crippen molar-refractivity contribution in [2.45, 2.75) is 75.4 Å². The van der Waals surface area contributed by atoms with Gasteiger partial charge >= 0.3 is 12.1 Å². The summed E-state index contributed by atoms with van der Waals surface area (Å²) in [6.45, 7) is 0.663. The first-order chi connectivity index (χ1) is 12.8. The molecular formula is C21H28F3NO2. The number of alkyl halides is 3. The van der Waals surface area contributed by atoms with Crippen LogP contribution >= 0.6 is 0 Å². The Bertz CT molecular complexity index is 645. The zero-order valence-corrected chi connectivity index (χ0v) is 15.5.